The zero-order chi connectivity index (χ0) is 15.7. The Morgan fingerprint density at radius 3 is 2.91 bits per heavy atom. The summed E-state index contributed by atoms with van der Waals surface area (Å²) < 4.78 is 19.0. The van der Waals surface area contributed by atoms with Crippen molar-refractivity contribution in [1.29, 1.82) is 0 Å². The summed E-state index contributed by atoms with van der Waals surface area (Å²) in [6.45, 7) is 1.50. The number of rotatable bonds is 2. The molecule has 0 radical (unpaired) electrons. The third kappa shape index (κ3) is 3.12. The fourth-order valence-corrected chi connectivity index (χ4v) is 3.48. The lowest BCUT2D eigenvalue weighted by molar-refractivity contribution is -0.143. The molecule has 0 bridgehead atoms. The van der Waals surface area contributed by atoms with Crippen molar-refractivity contribution in [3.05, 3.63) is 34.6 Å². The van der Waals surface area contributed by atoms with Crippen LogP contribution in [0.15, 0.2) is 18.2 Å². The molecular weight excluding hydrogens is 307 g/mol. The molecule has 1 saturated heterocycles. The first-order chi connectivity index (χ1) is 10.6. The molecule has 1 aromatic rings. The van der Waals surface area contributed by atoms with Gasteiger partial charge in [-0.3, -0.25) is 4.79 Å². The zero-order valence-corrected chi connectivity index (χ0v) is 13.1. The molecule has 22 heavy (non-hydrogen) atoms. The molecule has 1 aromatic carbocycles. The summed E-state index contributed by atoms with van der Waals surface area (Å²) in [5.41, 5.74) is 6.82. The van der Waals surface area contributed by atoms with Crippen LogP contribution < -0.4 is 5.73 Å². The van der Waals surface area contributed by atoms with E-state index in [0.717, 1.165) is 24.8 Å². The maximum absolute atomic E-state index is 13.3. The van der Waals surface area contributed by atoms with Gasteiger partial charge in [-0.25, -0.2) is 4.39 Å². The Labute approximate surface area is 134 Å². The highest BCUT2D eigenvalue weighted by Crippen LogP contribution is 2.30. The van der Waals surface area contributed by atoms with E-state index in [2.05, 4.69) is 0 Å². The first kappa shape index (κ1) is 15.7. The first-order valence-corrected chi connectivity index (χ1v) is 8.05. The van der Waals surface area contributed by atoms with Crippen molar-refractivity contribution >= 4 is 17.5 Å². The normalized spacial score (nSPS) is 28.9. The van der Waals surface area contributed by atoms with Crippen LogP contribution in [0.2, 0.25) is 5.02 Å². The Balaban J connectivity index is 1.71. The SMILES string of the molecule is N[C@@H]1CCC[C@@H]1C(=O)N1CCO[C@H](c2ccc(F)c(Cl)c2)C1. The van der Waals surface area contributed by atoms with Crippen LogP contribution in [0.1, 0.15) is 30.9 Å². The minimum absolute atomic E-state index is 0.0333. The highest BCUT2D eigenvalue weighted by Gasteiger charge is 2.35. The fraction of sp³-hybridized carbons (Fsp3) is 0.562. The maximum Gasteiger partial charge on any atom is 0.227 e. The first-order valence-electron chi connectivity index (χ1n) is 7.67. The number of carbonyl (C=O) groups is 1. The molecule has 1 saturated carbocycles. The third-order valence-electron chi connectivity index (χ3n) is 4.58. The summed E-state index contributed by atoms with van der Waals surface area (Å²) in [5.74, 6) is -0.409. The molecule has 1 heterocycles. The second-order valence-corrected chi connectivity index (χ2v) is 6.43. The monoisotopic (exact) mass is 326 g/mol. The molecular formula is C16H20ClFN2O2. The molecule has 0 unspecified atom stereocenters. The van der Waals surface area contributed by atoms with Gasteiger partial charge in [-0.1, -0.05) is 24.1 Å². The van der Waals surface area contributed by atoms with E-state index < -0.39 is 5.82 Å². The lowest BCUT2D eigenvalue weighted by atomic mass is 10.0. The van der Waals surface area contributed by atoms with Crippen molar-refractivity contribution in [2.45, 2.75) is 31.4 Å². The maximum atomic E-state index is 13.3. The van der Waals surface area contributed by atoms with Gasteiger partial charge < -0.3 is 15.4 Å². The van der Waals surface area contributed by atoms with Crippen molar-refractivity contribution in [2.75, 3.05) is 19.7 Å². The van der Waals surface area contributed by atoms with Gasteiger partial charge in [0.1, 0.15) is 11.9 Å². The molecule has 120 valence electrons. The molecule has 2 aliphatic rings. The molecule has 0 spiro atoms. The summed E-state index contributed by atoms with van der Waals surface area (Å²) in [7, 11) is 0. The van der Waals surface area contributed by atoms with Gasteiger partial charge in [0.2, 0.25) is 5.91 Å². The molecule has 2 fully saturated rings. The van der Waals surface area contributed by atoms with Crippen molar-refractivity contribution in [3.8, 4) is 0 Å². The number of hydrogen-bond donors (Lipinski definition) is 1. The Morgan fingerprint density at radius 2 is 2.23 bits per heavy atom. The highest BCUT2D eigenvalue weighted by molar-refractivity contribution is 6.30. The number of amides is 1. The van der Waals surface area contributed by atoms with Gasteiger partial charge in [0.25, 0.3) is 0 Å². The molecule has 1 aliphatic heterocycles. The molecule has 1 aliphatic carbocycles. The number of benzene rings is 1. The van der Waals surface area contributed by atoms with Gasteiger partial charge in [-0.15, -0.1) is 0 Å². The lowest BCUT2D eigenvalue weighted by Crippen LogP contribution is -2.47. The van der Waals surface area contributed by atoms with Crippen LogP contribution in [-0.4, -0.2) is 36.5 Å². The van der Waals surface area contributed by atoms with Crippen LogP contribution in [0.5, 0.6) is 0 Å². The number of nitrogens with zero attached hydrogens (tertiary/aromatic N) is 1. The third-order valence-corrected chi connectivity index (χ3v) is 4.87. The topological polar surface area (TPSA) is 55.6 Å². The average molecular weight is 327 g/mol. The highest BCUT2D eigenvalue weighted by atomic mass is 35.5. The minimum Gasteiger partial charge on any atom is -0.370 e. The summed E-state index contributed by atoms with van der Waals surface area (Å²) >= 11 is 5.83. The number of morpholine rings is 1. The average Bonchev–Trinajstić information content (AvgIpc) is 2.95. The van der Waals surface area contributed by atoms with E-state index in [1.54, 1.807) is 12.1 Å². The second kappa shape index (κ2) is 6.52. The minimum atomic E-state index is -0.453. The summed E-state index contributed by atoms with van der Waals surface area (Å²) in [5, 5.41) is 0.0716. The van der Waals surface area contributed by atoms with Crippen LogP contribution in [0.3, 0.4) is 0 Å². The molecule has 0 aromatic heterocycles. The van der Waals surface area contributed by atoms with E-state index in [0.29, 0.717) is 19.7 Å². The van der Waals surface area contributed by atoms with Crippen molar-refractivity contribution < 1.29 is 13.9 Å². The molecule has 4 nitrogen and oxygen atoms in total. The standard InChI is InChI=1S/C16H20ClFN2O2/c17-12-8-10(4-5-13(12)18)15-9-20(6-7-22-15)16(21)11-2-1-3-14(11)19/h4-5,8,11,14-15H,1-3,6-7,9,19H2/t11-,14+,15-/m0/s1. The predicted molar refractivity (Wildman–Crippen MR) is 82.0 cm³/mol. The number of nitrogens with two attached hydrogens (primary N) is 1. The molecule has 3 atom stereocenters. The molecule has 2 N–H and O–H groups in total. The molecule has 1 amide bonds. The van der Waals surface area contributed by atoms with Gasteiger partial charge in [-0.05, 0) is 30.5 Å². The predicted octanol–water partition coefficient (Wildman–Crippen LogP) is 2.51. The van der Waals surface area contributed by atoms with Gasteiger partial charge in [-0.2, -0.15) is 0 Å². The number of carbonyl (C=O) groups excluding carboxylic acids is 1. The van der Waals surface area contributed by atoms with E-state index in [1.165, 1.54) is 6.07 Å². The molecule has 6 heteroatoms. The van der Waals surface area contributed by atoms with Crippen molar-refractivity contribution in [2.24, 2.45) is 11.7 Å². The summed E-state index contributed by atoms with van der Waals surface area (Å²) in [6, 6.07) is 4.52. The van der Waals surface area contributed by atoms with Gasteiger partial charge in [0, 0.05) is 12.6 Å². The van der Waals surface area contributed by atoms with Crippen LogP contribution in [0, 0.1) is 11.7 Å². The van der Waals surface area contributed by atoms with E-state index in [-0.39, 0.29) is 29.0 Å². The number of hydrogen-bond acceptors (Lipinski definition) is 3. The summed E-state index contributed by atoms with van der Waals surface area (Å²) in [6.07, 6.45) is 2.52. The van der Waals surface area contributed by atoms with Gasteiger partial charge in [0.15, 0.2) is 0 Å². The van der Waals surface area contributed by atoms with E-state index >= 15 is 0 Å². The second-order valence-electron chi connectivity index (χ2n) is 6.02. The number of halogens is 2. The van der Waals surface area contributed by atoms with E-state index in [4.69, 9.17) is 22.1 Å². The Bertz CT molecular complexity index is 569. The fourth-order valence-electron chi connectivity index (χ4n) is 3.29. The smallest absolute Gasteiger partial charge is 0.227 e. The van der Waals surface area contributed by atoms with E-state index in [9.17, 15) is 9.18 Å². The molecule has 3 rings (SSSR count). The van der Waals surface area contributed by atoms with Gasteiger partial charge >= 0.3 is 0 Å². The van der Waals surface area contributed by atoms with Crippen LogP contribution in [0.25, 0.3) is 0 Å². The van der Waals surface area contributed by atoms with Crippen LogP contribution in [-0.2, 0) is 9.53 Å². The van der Waals surface area contributed by atoms with Gasteiger partial charge in [0.05, 0.1) is 24.1 Å². The number of ether oxygens (including phenoxy) is 1. The van der Waals surface area contributed by atoms with E-state index in [1.807, 2.05) is 4.90 Å². The van der Waals surface area contributed by atoms with Crippen molar-refractivity contribution in [3.63, 3.8) is 0 Å². The Hall–Kier alpha value is -1.17. The largest absolute Gasteiger partial charge is 0.370 e. The Morgan fingerprint density at radius 1 is 1.41 bits per heavy atom. The lowest BCUT2D eigenvalue weighted by Gasteiger charge is -2.35. The zero-order valence-electron chi connectivity index (χ0n) is 12.3. The van der Waals surface area contributed by atoms with Crippen LogP contribution in [0.4, 0.5) is 4.39 Å². The quantitative estimate of drug-likeness (QED) is 0.908. The van der Waals surface area contributed by atoms with Crippen LogP contribution >= 0.6 is 11.6 Å². The Kier molecular flexibility index (Phi) is 4.66. The summed E-state index contributed by atoms with van der Waals surface area (Å²) in [4.78, 5) is 14.4. The van der Waals surface area contributed by atoms with Crippen molar-refractivity contribution in [1.82, 2.24) is 4.90 Å².